The zero-order chi connectivity index (χ0) is 29.3. The second-order valence-corrected chi connectivity index (χ2v) is 14.9. The Morgan fingerprint density at radius 2 is 1.00 bits per heavy atom. The van der Waals surface area contributed by atoms with Crippen LogP contribution in [0.4, 0.5) is 0 Å². The molecule has 5 aromatic carbocycles. The maximum atomic E-state index is 4.68. The highest BCUT2D eigenvalue weighted by atomic mass is 28.3. The quantitative estimate of drug-likeness (QED) is 0.207. The molecule has 0 saturated heterocycles. The van der Waals surface area contributed by atoms with E-state index in [1.807, 2.05) is 12.4 Å². The van der Waals surface area contributed by atoms with Crippen molar-refractivity contribution in [3.05, 3.63) is 176 Å². The van der Waals surface area contributed by atoms with E-state index in [1.165, 1.54) is 53.7 Å². The smallest absolute Gasteiger partial charge is 0.182 e. The number of fused-ring (bicyclic) bond motifs is 3. The normalized spacial score (nSPS) is 11.6. The Labute approximate surface area is 257 Å². The Balaban J connectivity index is 1.50. The molecule has 0 atom stereocenters. The fourth-order valence-electron chi connectivity index (χ4n) is 6.79. The van der Waals surface area contributed by atoms with Crippen LogP contribution in [0.5, 0.6) is 0 Å². The van der Waals surface area contributed by atoms with Crippen LogP contribution in [0.1, 0.15) is 0 Å². The highest BCUT2D eigenvalue weighted by molar-refractivity contribution is 7.20. The maximum Gasteiger partial charge on any atom is 0.182 e. The molecule has 0 aliphatic carbocycles. The Kier molecular flexibility index (Phi) is 6.47. The molecule has 8 rings (SSSR count). The molecule has 0 aliphatic heterocycles. The van der Waals surface area contributed by atoms with E-state index < -0.39 is 8.07 Å². The molecule has 44 heavy (non-hydrogen) atoms. The Bertz CT molecular complexity index is 2170. The molecule has 0 unspecified atom stereocenters. The predicted octanol–water partition coefficient (Wildman–Crippen LogP) is 6.62. The van der Waals surface area contributed by atoms with Crippen LogP contribution in [-0.4, -0.2) is 22.6 Å². The van der Waals surface area contributed by atoms with Crippen LogP contribution >= 0.6 is 0 Å². The summed E-state index contributed by atoms with van der Waals surface area (Å²) in [5, 5.41) is 7.52. The zero-order valence-corrected chi connectivity index (χ0v) is 25.1. The van der Waals surface area contributed by atoms with Crippen molar-refractivity contribution in [2.45, 2.75) is 0 Å². The summed E-state index contributed by atoms with van der Waals surface area (Å²) in [7, 11) is -2.89. The fourth-order valence-corrected chi connectivity index (χ4v) is 11.4. The molecular formula is C40H29N3Si. The molecule has 0 amide bonds. The molecule has 3 heterocycles. The van der Waals surface area contributed by atoms with Gasteiger partial charge in [-0.05, 0) is 68.3 Å². The maximum absolute atomic E-state index is 4.68. The third-order valence-corrected chi connectivity index (χ3v) is 13.4. The Morgan fingerprint density at radius 3 is 1.70 bits per heavy atom. The van der Waals surface area contributed by atoms with Gasteiger partial charge in [0.15, 0.2) is 8.07 Å². The number of rotatable bonds is 6. The first-order chi connectivity index (χ1) is 21.8. The Hall–Kier alpha value is -5.58. The fraction of sp³-hybridized carbons (Fsp3) is 0. The van der Waals surface area contributed by atoms with Gasteiger partial charge in [0.25, 0.3) is 0 Å². The van der Waals surface area contributed by atoms with Crippen LogP contribution in [0.25, 0.3) is 38.6 Å². The minimum absolute atomic E-state index is 1.15. The third-order valence-electron chi connectivity index (χ3n) is 8.71. The molecule has 0 fully saturated rings. The minimum atomic E-state index is -2.89. The molecule has 0 spiro atoms. The molecule has 0 N–H and O–H groups in total. The topological polar surface area (TPSA) is 30.7 Å². The summed E-state index contributed by atoms with van der Waals surface area (Å²) in [5.74, 6) is 0. The van der Waals surface area contributed by atoms with Crippen molar-refractivity contribution in [3.8, 4) is 16.8 Å². The van der Waals surface area contributed by atoms with Crippen LogP contribution in [0.15, 0.2) is 176 Å². The number of para-hydroxylation sites is 2. The van der Waals surface area contributed by atoms with Crippen molar-refractivity contribution in [2.24, 2.45) is 0 Å². The summed E-state index contributed by atoms with van der Waals surface area (Å²) in [6.45, 7) is 0. The van der Waals surface area contributed by atoms with Gasteiger partial charge in [-0.25, -0.2) is 0 Å². The van der Waals surface area contributed by atoms with Gasteiger partial charge in [-0.15, -0.1) is 0 Å². The van der Waals surface area contributed by atoms with Crippen molar-refractivity contribution < 1.29 is 0 Å². The van der Waals surface area contributed by atoms with E-state index in [2.05, 4.69) is 179 Å². The molecule has 0 radical (unpaired) electrons. The largest absolute Gasteiger partial charge is 0.309 e. The van der Waals surface area contributed by atoms with Crippen molar-refractivity contribution in [3.63, 3.8) is 0 Å². The summed E-state index contributed by atoms with van der Waals surface area (Å²) in [6, 6.07) is 54.8. The van der Waals surface area contributed by atoms with Crippen LogP contribution < -0.4 is 20.7 Å². The first-order valence-corrected chi connectivity index (χ1v) is 16.9. The van der Waals surface area contributed by atoms with Crippen LogP contribution in [-0.2, 0) is 0 Å². The molecule has 3 aromatic heterocycles. The Morgan fingerprint density at radius 1 is 0.409 bits per heavy atom. The highest BCUT2D eigenvalue weighted by Gasteiger charge is 2.42. The lowest BCUT2D eigenvalue weighted by molar-refractivity contribution is 1.18. The van der Waals surface area contributed by atoms with E-state index >= 15 is 0 Å². The van der Waals surface area contributed by atoms with Gasteiger partial charge in [-0.2, -0.15) is 0 Å². The predicted molar refractivity (Wildman–Crippen MR) is 185 cm³/mol. The monoisotopic (exact) mass is 579 g/mol. The van der Waals surface area contributed by atoms with Crippen molar-refractivity contribution in [1.29, 1.82) is 0 Å². The lowest BCUT2D eigenvalue weighted by atomic mass is 10.1. The second kappa shape index (κ2) is 10.9. The van der Waals surface area contributed by atoms with E-state index in [4.69, 9.17) is 0 Å². The van der Waals surface area contributed by atoms with Crippen LogP contribution in [0.3, 0.4) is 0 Å². The van der Waals surface area contributed by atoms with Crippen molar-refractivity contribution in [1.82, 2.24) is 14.5 Å². The molecule has 208 valence electrons. The number of aromatic nitrogens is 3. The van der Waals surface area contributed by atoms with Gasteiger partial charge in [-0.1, -0.05) is 115 Å². The molecule has 0 bridgehead atoms. The van der Waals surface area contributed by atoms with E-state index in [0.29, 0.717) is 0 Å². The lowest BCUT2D eigenvalue weighted by Gasteiger charge is -2.34. The summed E-state index contributed by atoms with van der Waals surface area (Å²) < 4.78 is 2.40. The van der Waals surface area contributed by atoms with Gasteiger partial charge in [0.1, 0.15) is 0 Å². The third kappa shape index (κ3) is 4.19. The summed E-state index contributed by atoms with van der Waals surface area (Å²) in [4.78, 5) is 9.36. The number of hydrogen-bond acceptors (Lipinski definition) is 2. The zero-order valence-electron chi connectivity index (χ0n) is 24.1. The SMILES string of the molecule is c1ccc(-c2cccc([Si](c3cccnc3)(c3cccnc3)c3ccc4c5ccccc5n(-c5ccccc5)c4c3)c2)cc1. The number of pyridine rings is 2. The standard InChI is InChI=1S/C40H29N3Si/c1-3-12-30(13-4-1)31-14-9-17-33(26-31)44(35-18-10-24-41-28-35,36-19-11-25-42-29-36)34-22-23-38-37-20-7-8-21-39(37)43(40(38)27-34)32-15-5-2-6-16-32/h1-29H. The number of hydrogen-bond donors (Lipinski definition) is 0. The van der Waals surface area contributed by atoms with E-state index in [0.717, 1.165) is 5.69 Å². The summed E-state index contributed by atoms with van der Waals surface area (Å²) in [6.07, 6.45) is 7.85. The van der Waals surface area contributed by atoms with Crippen LogP contribution in [0.2, 0.25) is 0 Å². The second-order valence-electron chi connectivity index (χ2n) is 11.1. The lowest BCUT2D eigenvalue weighted by Crippen LogP contribution is -2.75. The van der Waals surface area contributed by atoms with E-state index in [9.17, 15) is 0 Å². The number of nitrogens with zero attached hydrogens (tertiary/aromatic N) is 3. The first-order valence-electron chi connectivity index (χ1n) is 14.9. The minimum Gasteiger partial charge on any atom is -0.309 e. The van der Waals surface area contributed by atoms with Gasteiger partial charge < -0.3 is 4.57 Å². The molecular weight excluding hydrogens is 551 g/mol. The average Bonchev–Trinajstić information content (AvgIpc) is 3.44. The van der Waals surface area contributed by atoms with Crippen LogP contribution in [0, 0.1) is 0 Å². The van der Waals surface area contributed by atoms with Crippen molar-refractivity contribution >= 4 is 50.6 Å². The molecule has 8 aromatic rings. The number of benzene rings is 5. The molecule has 3 nitrogen and oxygen atoms in total. The van der Waals surface area contributed by atoms with Gasteiger partial charge in [-0.3, -0.25) is 9.97 Å². The van der Waals surface area contributed by atoms with Gasteiger partial charge in [0.2, 0.25) is 0 Å². The van der Waals surface area contributed by atoms with Gasteiger partial charge >= 0.3 is 0 Å². The van der Waals surface area contributed by atoms with Gasteiger partial charge in [0, 0.05) is 41.2 Å². The van der Waals surface area contributed by atoms with Gasteiger partial charge in [0.05, 0.1) is 11.0 Å². The summed E-state index contributed by atoms with van der Waals surface area (Å²) in [5.41, 5.74) is 5.95. The van der Waals surface area contributed by atoms with Crippen molar-refractivity contribution in [2.75, 3.05) is 0 Å². The van der Waals surface area contributed by atoms with E-state index in [-0.39, 0.29) is 0 Å². The summed E-state index contributed by atoms with van der Waals surface area (Å²) >= 11 is 0. The average molecular weight is 580 g/mol. The molecule has 0 saturated carbocycles. The van der Waals surface area contributed by atoms with E-state index in [1.54, 1.807) is 0 Å². The molecule has 4 heteroatoms. The molecule has 0 aliphatic rings. The highest BCUT2D eigenvalue weighted by Crippen LogP contribution is 2.32. The first kappa shape index (κ1) is 26.1.